The van der Waals surface area contributed by atoms with Crippen molar-refractivity contribution >= 4 is 33.9 Å². The molecule has 0 unspecified atom stereocenters. The maximum Gasteiger partial charge on any atom is 0.341 e. The minimum Gasteiger partial charge on any atom is -0.459 e. The molecular weight excluding hydrogens is 386 g/mol. The van der Waals surface area contributed by atoms with Crippen LogP contribution in [-0.2, 0) is 28.9 Å². The maximum absolute atomic E-state index is 12.8. The van der Waals surface area contributed by atoms with Crippen molar-refractivity contribution in [3.05, 3.63) is 40.5 Å². The number of fused-ring (bicyclic) bond motifs is 1. The third-order valence-corrected chi connectivity index (χ3v) is 6.20. The van der Waals surface area contributed by atoms with Gasteiger partial charge in [-0.3, -0.25) is 4.79 Å². The van der Waals surface area contributed by atoms with Crippen LogP contribution in [0.25, 0.3) is 0 Å². The van der Waals surface area contributed by atoms with Crippen molar-refractivity contribution in [1.29, 1.82) is 0 Å². The smallest absolute Gasteiger partial charge is 0.341 e. The van der Waals surface area contributed by atoms with Crippen molar-refractivity contribution in [2.45, 2.75) is 52.7 Å². The van der Waals surface area contributed by atoms with E-state index in [9.17, 15) is 9.59 Å². The van der Waals surface area contributed by atoms with Gasteiger partial charge in [-0.1, -0.05) is 6.92 Å². The molecule has 29 heavy (non-hydrogen) atoms. The minimum absolute atomic E-state index is 0.155. The zero-order chi connectivity index (χ0) is 21.1. The fourth-order valence-corrected chi connectivity index (χ4v) is 4.93. The predicted octanol–water partition coefficient (Wildman–Crippen LogP) is 3.43. The van der Waals surface area contributed by atoms with E-state index in [1.165, 1.54) is 16.2 Å². The first-order valence-electron chi connectivity index (χ1n) is 10.1. The third-order valence-electron chi connectivity index (χ3n) is 5.03. The zero-order valence-electron chi connectivity index (χ0n) is 17.8. The van der Waals surface area contributed by atoms with E-state index in [2.05, 4.69) is 12.2 Å². The molecule has 156 valence electrons. The van der Waals surface area contributed by atoms with E-state index in [0.717, 1.165) is 30.5 Å². The van der Waals surface area contributed by atoms with E-state index < -0.39 is 0 Å². The molecule has 1 amide bonds. The number of pyridine rings is 1. The fourth-order valence-electron chi connectivity index (χ4n) is 3.51. The average molecular weight is 417 g/mol. The number of anilines is 2. The standard InChI is InChI=1S/C22H29N3O3S/c1-14(2)28-22(27)20-17-7-6-15(3)12-18(17)29-21(20)23-19(26)13-25-10-8-16(9-11-25)24(4)5/h8-11,14-15H,6-7,12-13H2,1-5H3/p+1/t15-/m0/s1. The van der Waals surface area contributed by atoms with E-state index in [1.807, 2.05) is 61.9 Å². The number of hydrogen-bond acceptors (Lipinski definition) is 5. The molecule has 0 aliphatic heterocycles. The number of nitrogens with zero attached hydrogens (tertiary/aromatic N) is 2. The predicted molar refractivity (Wildman–Crippen MR) is 116 cm³/mol. The first-order valence-corrected chi connectivity index (χ1v) is 10.9. The number of carbonyl (C=O) groups is 2. The van der Waals surface area contributed by atoms with Crippen molar-refractivity contribution in [2.75, 3.05) is 24.3 Å². The highest BCUT2D eigenvalue weighted by molar-refractivity contribution is 7.17. The van der Waals surface area contributed by atoms with Crippen LogP contribution >= 0.6 is 11.3 Å². The Hall–Kier alpha value is -2.41. The van der Waals surface area contributed by atoms with Gasteiger partial charge in [0, 0.05) is 36.8 Å². The molecule has 3 rings (SSSR count). The second kappa shape index (κ2) is 8.95. The molecule has 0 bridgehead atoms. The highest BCUT2D eigenvalue weighted by Crippen LogP contribution is 2.40. The van der Waals surface area contributed by atoms with Crippen LogP contribution in [0.5, 0.6) is 0 Å². The van der Waals surface area contributed by atoms with Crippen LogP contribution in [0.3, 0.4) is 0 Å². The van der Waals surface area contributed by atoms with Crippen LogP contribution in [-0.4, -0.2) is 32.1 Å². The summed E-state index contributed by atoms with van der Waals surface area (Å²) in [5, 5.41) is 3.59. The first kappa shape index (κ1) is 21.3. The first-order chi connectivity index (χ1) is 13.7. The summed E-state index contributed by atoms with van der Waals surface area (Å²) in [4.78, 5) is 28.6. The lowest BCUT2D eigenvalue weighted by molar-refractivity contribution is -0.684. The normalized spacial score (nSPS) is 15.7. The lowest BCUT2D eigenvalue weighted by Gasteiger charge is -2.18. The van der Waals surface area contributed by atoms with Gasteiger partial charge >= 0.3 is 5.97 Å². The molecule has 2 aromatic heterocycles. The maximum atomic E-state index is 12.8. The Bertz CT molecular complexity index is 887. The largest absolute Gasteiger partial charge is 0.459 e. The molecule has 2 aromatic rings. The lowest BCUT2D eigenvalue weighted by Crippen LogP contribution is -2.39. The van der Waals surface area contributed by atoms with E-state index in [0.29, 0.717) is 16.5 Å². The molecule has 6 nitrogen and oxygen atoms in total. The van der Waals surface area contributed by atoms with Crippen LogP contribution in [0.4, 0.5) is 10.7 Å². The van der Waals surface area contributed by atoms with Gasteiger partial charge in [0.15, 0.2) is 12.4 Å². The number of thiophene rings is 1. The Morgan fingerprint density at radius 3 is 2.62 bits per heavy atom. The summed E-state index contributed by atoms with van der Waals surface area (Å²) in [6, 6.07) is 3.92. The molecule has 0 radical (unpaired) electrons. The van der Waals surface area contributed by atoms with Crippen molar-refractivity contribution in [2.24, 2.45) is 5.92 Å². The summed E-state index contributed by atoms with van der Waals surface area (Å²) in [6.07, 6.45) is 6.40. The van der Waals surface area contributed by atoms with E-state index in [4.69, 9.17) is 4.74 Å². The molecule has 0 saturated carbocycles. The Morgan fingerprint density at radius 2 is 2.00 bits per heavy atom. The van der Waals surface area contributed by atoms with Crippen LogP contribution in [0.2, 0.25) is 0 Å². The van der Waals surface area contributed by atoms with Gasteiger partial charge in [-0.15, -0.1) is 11.3 Å². The fraction of sp³-hybridized carbons (Fsp3) is 0.500. The van der Waals surface area contributed by atoms with Gasteiger partial charge in [0.2, 0.25) is 6.54 Å². The van der Waals surface area contributed by atoms with Crippen LogP contribution in [0.15, 0.2) is 24.5 Å². The Balaban J connectivity index is 1.80. The number of nitrogens with one attached hydrogen (secondary N) is 1. The summed E-state index contributed by atoms with van der Waals surface area (Å²) in [5.41, 5.74) is 2.67. The molecule has 0 fully saturated rings. The Morgan fingerprint density at radius 1 is 1.31 bits per heavy atom. The number of amides is 1. The highest BCUT2D eigenvalue weighted by atomic mass is 32.1. The minimum atomic E-state index is -0.342. The highest BCUT2D eigenvalue weighted by Gasteiger charge is 2.30. The third kappa shape index (κ3) is 5.15. The van der Waals surface area contributed by atoms with Gasteiger partial charge < -0.3 is 15.0 Å². The van der Waals surface area contributed by atoms with E-state index in [1.54, 1.807) is 0 Å². The van der Waals surface area contributed by atoms with Crippen LogP contribution in [0.1, 0.15) is 48.0 Å². The van der Waals surface area contributed by atoms with Crippen molar-refractivity contribution in [1.82, 2.24) is 0 Å². The molecule has 0 spiro atoms. The number of esters is 1. The van der Waals surface area contributed by atoms with Gasteiger partial charge in [-0.25, -0.2) is 4.79 Å². The molecular formula is C22H30N3O3S+. The molecule has 2 heterocycles. The van der Waals surface area contributed by atoms with Gasteiger partial charge in [0.05, 0.1) is 11.7 Å². The quantitative estimate of drug-likeness (QED) is 0.579. The number of carbonyl (C=O) groups excluding carboxylic acids is 2. The van der Waals surface area contributed by atoms with Gasteiger partial charge in [0.1, 0.15) is 5.00 Å². The molecule has 0 aromatic carbocycles. The van der Waals surface area contributed by atoms with E-state index >= 15 is 0 Å². The van der Waals surface area contributed by atoms with Crippen molar-refractivity contribution in [3.63, 3.8) is 0 Å². The summed E-state index contributed by atoms with van der Waals surface area (Å²) >= 11 is 1.52. The second-order valence-corrected chi connectivity index (χ2v) is 9.29. The van der Waals surface area contributed by atoms with Gasteiger partial charge in [-0.05, 0) is 44.6 Å². The molecule has 1 atom stereocenters. The van der Waals surface area contributed by atoms with Crippen LogP contribution in [0, 0.1) is 5.92 Å². The Labute approximate surface area is 176 Å². The van der Waals surface area contributed by atoms with Gasteiger partial charge in [0.25, 0.3) is 5.91 Å². The molecule has 7 heteroatoms. The SMILES string of the molecule is CC(C)OC(=O)c1c(NC(=O)C[n+]2ccc(N(C)C)cc2)sc2c1CC[C@H](C)C2. The number of aromatic nitrogens is 1. The zero-order valence-corrected chi connectivity index (χ0v) is 18.6. The monoisotopic (exact) mass is 416 g/mol. The molecule has 1 aliphatic carbocycles. The number of ether oxygens (including phenoxy) is 1. The van der Waals surface area contributed by atoms with E-state index in [-0.39, 0.29) is 24.5 Å². The topological polar surface area (TPSA) is 62.5 Å². The number of hydrogen-bond donors (Lipinski definition) is 1. The van der Waals surface area contributed by atoms with Crippen LogP contribution < -0.4 is 14.8 Å². The molecule has 1 N–H and O–H groups in total. The molecule has 1 aliphatic rings. The lowest BCUT2D eigenvalue weighted by atomic mass is 9.88. The van der Waals surface area contributed by atoms with Crippen molar-refractivity contribution in [3.8, 4) is 0 Å². The van der Waals surface area contributed by atoms with Gasteiger partial charge in [-0.2, -0.15) is 4.57 Å². The second-order valence-electron chi connectivity index (χ2n) is 8.18. The Kier molecular flexibility index (Phi) is 6.57. The molecule has 0 saturated heterocycles. The summed E-state index contributed by atoms with van der Waals surface area (Å²) in [6.45, 7) is 6.09. The average Bonchev–Trinajstić information content (AvgIpc) is 2.98. The number of rotatable bonds is 6. The van der Waals surface area contributed by atoms with Crippen molar-refractivity contribution < 1.29 is 18.9 Å². The summed E-state index contributed by atoms with van der Waals surface area (Å²) < 4.78 is 7.29. The summed E-state index contributed by atoms with van der Waals surface area (Å²) in [7, 11) is 3.95. The summed E-state index contributed by atoms with van der Waals surface area (Å²) in [5.74, 6) is 0.0904.